The Kier molecular flexibility index (Phi) is 10.8. The van der Waals surface area contributed by atoms with Crippen LogP contribution in [0, 0.1) is 0 Å². The number of aliphatic hydroxyl groups excluding tert-OH is 1. The zero-order chi connectivity index (χ0) is 18.8. The summed E-state index contributed by atoms with van der Waals surface area (Å²) in [5.41, 5.74) is 3.15. The number of rotatable bonds is 8. The first-order valence-electron chi connectivity index (χ1n) is 9.06. The number of nitrogens with one attached hydrogen (secondary N) is 1. The minimum Gasteiger partial charge on any atom is -0.494 e. The fourth-order valence-electron chi connectivity index (χ4n) is 2.70. The van der Waals surface area contributed by atoms with Gasteiger partial charge >= 0.3 is 0 Å². The first-order chi connectivity index (χ1) is 12.7. The van der Waals surface area contributed by atoms with Crippen LogP contribution in [0.1, 0.15) is 30.5 Å². The van der Waals surface area contributed by atoms with E-state index < -0.39 is 0 Å². The highest BCUT2D eigenvalue weighted by Crippen LogP contribution is 2.14. The number of halogens is 1. The van der Waals surface area contributed by atoms with Gasteiger partial charge in [-0.25, -0.2) is 4.99 Å². The normalized spacial score (nSPS) is 10.9. The lowest BCUT2D eigenvalue weighted by Crippen LogP contribution is -2.38. The third-order valence-electron chi connectivity index (χ3n) is 4.04. The van der Waals surface area contributed by atoms with Gasteiger partial charge in [0.1, 0.15) is 5.75 Å². The van der Waals surface area contributed by atoms with Crippen molar-refractivity contribution in [2.24, 2.45) is 4.99 Å². The first-order valence-corrected chi connectivity index (χ1v) is 9.06. The van der Waals surface area contributed by atoms with E-state index in [1.54, 1.807) is 0 Å². The molecule has 27 heavy (non-hydrogen) atoms. The summed E-state index contributed by atoms with van der Waals surface area (Å²) < 4.78 is 5.49. The van der Waals surface area contributed by atoms with E-state index >= 15 is 0 Å². The molecule has 0 aliphatic heterocycles. The molecule has 0 heterocycles. The largest absolute Gasteiger partial charge is 0.494 e. The molecule has 0 saturated carbocycles. The van der Waals surface area contributed by atoms with Gasteiger partial charge in [0.05, 0.1) is 19.8 Å². The molecule has 0 fully saturated rings. The summed E-state index contributed by atoms with van der Waals surface area (Å²) in [5, 5.41) is 12.8. The van der Waals surface area contributed by atoms with Crippen molar-refractivity contribution in [2.75, 3.05) is 20.2 Å². The summed E-state index contributed by atoms with van der Waals surface area (Å²) in [5.74, 6) is 1.73. The lowest BCUT2D eigenvalue weighted by atomic mass is 10.1. The quantitative estimate of drug-likeness (QED) is 0.341. The second-order valence-electron chi connectivity index (χ2n) is 6.03. The Hall–Kier alpha value is -1.80. The first kappa shape index (κ1) is 23.2. The van der Waals surface area contributed by atoms with E-state index in [0.717, 1.165) is 35.9 Å². The van der Waals surface area contributed by atoms with E-state index in [4.69, 9.17) is 9.73 Å². The van der Waals surface area contributed by atoms with Crippen LogP contribution in [0.2, 0.25) is 0 Å². The molecule has 0 aliphatic rings. The number of aliphatic imine (C=N–C) groups is 1. The summed E-state index contributed by atoms with van der Waals surface area (Å²) in [6.07, 6.45) is 0. The predicted octanol–water partition coefficient (Wildman–Crippen LogP) is 3.79. The van der Waals surface area contributed by atoms with Crippen LogP contribution >= 0.6 is 24.0 Å². The van der Waals surface area contributed by atoms with Gasteiger partial charge in [-0.05, 0) is 42.7 Å². The molecule has 2 aromatic rings. The van der Waals surface area contributed by atoms with Crippen LogP contribution in [0.4, 0.5) is 0 Å². The number of guanidine groups is 1. The van der Waals surface area contributed by atoms with Gasteiger partial charge in [0.25, 0.3) is 0 Å². The Morgan fingerprint density at radius 1 is 1.07 bits per heavy atom. The Morgan fingerprint density at radius 3 is 2.33 bits per heavy atom. The van der Waals surface area contributed by atoms with Crippen molar-refractivity contribution in [2.45, 2.75) is 33.5 Å². The SMILES string of the molecule is CCNC(=NCc1ccccc1CO)N(C)Cc1ccc(OCC)cc1.I. The average Bonchev–Trinajstić information content (AvgIpc) is 2.67. The van der Waals surface area contributed by atoms with Gasteiger partial charge in [0, 0.05) is 20.1 Å². The van der Waals surface area contributed by atoms with Crippen LogP contribution < -0.4 is 10.1 Å². The number of nitrogens with zero attached hydrogens (tertiary/aromatic N) is 2. The maximum atomic E-state index is 9.47. The van der Waals surface area contributed by atoms with E-state index in [1.165, 1.54) is 5.56 Å². The van der Waals surface area contributed by atoms with Crippen LogP contribution in [0.5, 0.6) is 5.75 Å². The van der Waals surface area contributed by atoms with Gasteiger partial charge in [-0.15, -0.1) is 24.0 Å². The smallest absolute Gasteiger partial charge is 0.194 e. The van der Waals surface area contributed by atoms with Gasteiger partial charge in [0.2, 0.25) is 0 Å². The fourth-order valence-corrected chi connectivity index (χ4v) is 2.70. The third-order valence-corrected chi connectivity index (χ3v) is 4.04. The molecule has 2 rings (SSSR count). The molecule has 0 spiro atoms. The number of hydrogen-bond donors (Lipinski definition) is 2. The van der Waals surface area contributed by atoms with Gasteiger partial charge in [-0.1, -0.05) is 36.4 Å². The summed E-state index contributed by atoms with van der Waals surface area (Å²) in [4.78, 5) is 6.83. The number of aliphatic hydroxyl groups is 1. The van der Waals surface area contributed by atoms with Gasteiger partial charge in [-0.3, -0.25) is 0 Å². The molecule has 0 atom stereocenters. The zero-order valence-electron chi connectivity index (χ0n) is 16.3. The molecule has 0 amide bonds. The van der Waals surface area contributed by atoms with Crippen LogP contribution in [0.3, 0.4) is 0 Å². The highest BCUT2D eigenvalue weighted by molar-refractivity contribution is 14.0. The topological polar surface area (TPSA) is 57.1 Å². The zero-order valence-corrected chi connectivity index (χ0v) is 18.6. The molecule has 6 heteroatoms. The van der Waals surface area contributed by atoms with Crippen LogP contribution in [-0.4, -0.2) is 36.2 Å². The number of benzene rings is 2. The second-order valence-corrected chi connectivity index (χ2v) is 6.03. The maximum Gasteiger partial charge on any atom is 0.194 e. The highest BCUT2D eigenvalue weighted by atomic mass is 127. The molecule has 2 N–H and O–H groups in total. The van der Waals surface area contributed by atoms with Crippen LogP contribution in [0.25, 0.3) is 0 Å². The Balaban J connectivity index is 0.00000364. The third kappa shape index (κ3) is 7.38. The molecule has 148 valence electrons. The molecule has 0 aromatic heterocycles. The Labute approximate surface area is 179 Å². The molecule has 0 radical (unpaired) electrons. The van der Waals surface area contributed by atoms with E-state index in [1.807, 2.05) is 50.4 Å². The van der Waals surface area contributed by atoms with E-state index in [0.29, 0.717) is 13.2 Å². The number of hydrogen-bond acceptors (Lipinski definition) is 3. The lowest BCUT2D eigenvalue weighted by Gasteiger charge is -2.22. The minimum absolute atomic E-state index is 0. The van der Waals surface area contributed by atoms with Gasteiger partial charge in [-0.2, -0.15) is 0 Å². The minimum atomic E-state index is 0. The van der Waals surface area contributed by atoms with Crippen molar-refractivity contribution in [1.29, 1.82) is 0 Å². The maximum absolute atomic E-state index is 9.47. The Bertz CT molecular complexity index is 705. The molecular formula is C21H30IN3O2. The fraction of sp³-hybridized carbons (Fsp3) is 0.381. The summed E-state index contributed by atoms with van der Waals surface area (Å²) in [6.45, 7) is 6.83. The standard InChI is InChI=1S/C21H29N3O2.HI/c1-4-22-21(23-14-18-8-6-7-9-19(18)16-25)24(3)15-17-10-12-20(13-11-17)26-5-2;/h6-13,25H,4-5,14-16H2,1-3H3,(H,22,23);1H. The van der Waals surface area contributed by atoms with E-state index in [-0.39, 0.29) is 30.6 Å². The molecule has 0 saturated heterocycles. The molecule has 0 aliphatic carbocycles. The van der Waals surface area contributed by atoms with Crippen LogP contribution in [-0.2, 0) is 19.7 Å². The molecular weight excluding hydrogens is 453 g/mol. The Morgan fingerprint density at radius 2 is 1.74 bits per heavy atom. The molecule has 0 unspecified atom stereocenters. The number of ether oxygens (including phenoxy) is 1. The van der Waals surface area contributed by atoms with Crippen molar-refractivity contribution < 1.29 is 9.84 Å². The average molecular weight is 483 g/mol. The van der Waals surface area contributed by atoms with Crippen molar-refractivity contribution in [3.8, 4) is 5.75 Å². The monoisotopic (exact) mass is 483 g/mol. The highest BCUT2D eigenvalue weighted by Gasteiger charge is 2.08. The van der Waals surface area contributed by atoms with E-state index in [2.05, 4.69) is 29.3 Å². The second kappa shape index (κ2) is 12.6. The van der Waals surface area contributed by atoms with Crippen molar-refractivity contribution in [3.63, 3.8) is 0 Å². The lowest BCUT2D eigenvalue weighted by molar-refractivity contribution is 0.280. The van der Waals surface area contributed by atoms with Gasteiger partial charge < -0.3 is 20.1 Å². The van der Waals surface area contributed by atoms with Crippen molar-refractivity contribution >= 4 is 29.9 Å². The van der Waals surface area contributed by atoms with E-state index in [9.17, 15) is 5.11 Å². The summed E-state index contributed by atoms with van der Waals surface area (Å²) in [6, 6.07) is 16.0. The summed E-state index contributed by atoms with van der Waals surface area (Å²) >= 11 is 0. The summed E-state index contributed by atoms with van der Waals surface area (Å²) in [7, 11) is 2.02. The molecule has 0 bridgehead atoms. The van der Waals surface area contributed by atoms with Gasteiger partial charge in [0.15, 0.2) is 5.96 Å². The van der Waals surface area contributed by atoms with Crippen molar-refractivity contribution in [3.05, 3.63) is 65.2 Å². The molecule has 2 aromatic carbocycles. The van der Waals surface area contributed by atoms with Crippen LogP contribution in [0.15, 0.2) is 53.5 Å². The van der Waals surface area contributed by atoms with Crippen molar-refractivity contribution in [1.82, 2.24) is 10.2 Å². The predicted molar refractivity (Wildman–Crippen MR) is 122 cm³/mol. The molecule has 5 nitrogen and oxygen atoms in total.